The van der Waals surface area contributed by atoms with Gasteiger partial charge in [0.15, 0.2) is 0 Å². The highest BCUT2D eigenvalue weighted by atomic mass is 19.1. The fourth-order valence-electron chi connectivity index (χ4n) is 2.12. The number of hydrogen-bond donors (Lipinski definition) is 0. The van der Waals surface area contributed by atoms with Crippen molar-refractivity contribution in [2.24, 2.45) is 0 Å². The maximum absolute atomic E-state index is 13.0. The highest BCUT2D eigenvalue weighted by Gasteiger charge is 2.49. The fraction of sp³-hybridized carbons (Fsp3) is 0.500. The lowest BCUT2D eigenvalue weighted by molar-refractivity contribution is 0.00578. The smallest absolute Gasteiger partial charge is 0.400 e. The summed E-state index contributed by atoms with van der Waals surface area (Å²) in [6.07, 6.45) is 3.69. The average molecular weight is 276 g/mol. The Morgan fingerprint density at radius 1 is 1.15 bits per heavy atom. The van der Waals surface area contributed by atoms with Gasteiger partial charge < -0.3 is 9.31 Å². The molecule has 0 bridgehead atoms. The van der Waals surface area contributed by atoms with Crippen molar-refractivity contribution in [2.45, 2.75) is 51.7 Å². The van der Waals surface area contributed by atoms with Gasteiger partial charge in [-0.1, -0.05) is 24.2 Å². The second-order valence-corrected chi connectivity index (χ2v) is 6.22. The molecule has 1 aliphatic rings. The third kappa shape index (κ3) is 3.50. The summed E-state index contributed by atoms with van der Waals surface area (Å²) in [5.41, 5.74) is 0.401. The van der Waals surface area contributed by atoms with Gasteiger partial charge in [0.25, 0.3) is 0 Å². The maximum atomic E-state index is 13.0. The minimum Gasteiger partial charge on any atom is -0.400 e. The van der Waals surface area contributed by atoms with Crippen LogP contribution in [0.2, 0.25) is 0 Å². The van der Waals surface area contributed by atoms with E-state index in [0.29, 0.717) is 0 Å². The molecule has 1 saturated heterocycles. The Labute approximate surface area is 121 Å². The van der Waals surface area contributed by atoms with Crippen LogP contribution in [0, 0.1) is 5.82 Å². The van der Waals surface area contributed by atoms with Crippen molar-refractivity contribution in [2.75, 3.05) is 0 Å². The van der Waals surface area contributed by atoms with Gasteiger partial charge in [0, 0.05) is 0 Å². The lowest BCUT2D eigenvalue weighted by Crippen LogP contribution is -2.41. The SMILES string of the molecule is CC1(C)OB(/C=C/CCc2cccc(F)c2)OC1(C)C. The fourth-order valence-corrected chi connectivity index (χ4v) is 2.12. The van der Waals surface area contributed by atoms with Gasteiger partial charge in [-0.2, -0.15) is 0 Å². The minimum absolute atomic E-state index is 0.183. The Balaban J connectivity index is 1.83. The van der Waals surface area contributed by atoms with E-state index in [1.807, 2.05) is 45.8 Å². The van der Waals surface area contributed by atoms with Crippen molar-refractivity contribution in [3.8, 4) is 0 Å². The summed E-state index contributed by atoms with van der Waals surface area (Å²) in [6.45, 7) is 8.14. The number of halogens is 1. The predicted molar refractivity (Wildman–Crippen MR) is 79.9 cm³/mol. The lowest BCUT2D eigenvalue weighted by Gasteiger charge is -2.32. The summed E-state index contributed by atoms with van der Waals surface area (Å²) >= 11 is 0. The van der Waals surface area contributed by atoms with Gasteiger partial charge in [0.1, 0.15) is 5.82 Å². The standard InChI is InChI=1S/C16H22BFO2/c1-15(2)16(3,4)20-17(19-15)11-6-5-8-13-9-7-10-14(18)12-13/h6-7,9-12H,5,8H2,1-4H3/b11-6+. The molecule has 0 saturated carbocycles. The molecule has 0 amide bonds. The van der Waals surface area contributed by atoms with Crippen LogP contribution in [0.4, 0.5) is 4.39 Å². The molecule has 0 aliphatic carbocycles. The van der Waals surface area contributed by atoms with Crippen LogP contribution in [0.5, 0.6) is 0 Å². The monoisotopic (exact) mass is 276 g/mol. The summed E-state index contributed by atoms with van der Waals surface area (Å²) in [4.78, 5) is 0. The Kier molecular flexibility index (Phi) is 4.35. The molecule has 20 heavy (non-hydrogen) atoms. The number of hydrogen-bond acceptors (Lipinski definition) is 2. The normalized spacial score (nSPS) is 20.8. The van der Waals surface area contributed by atoms with Gasteiger partial charge in [-0.25, -0.2) is 4.39 Å². The Bertz CT molecular complexity index is 481. The Morgan fingerprint density at radius 3 is 2.40 bits per heavy atom. The van der Waals surface area contributed by atoms with Gasteiger partial charge >= 0.3 is 7.12 Å². The second kappa shape index (κ2) is 5.70. The van der Waals surface area contributed by atoms with Gasteiger partial charge in [-0.05, 0) is 58.2 Å². The summed E-state index contributed by atoms with van der Waals surface area (Å²) in [5.74, 6) is 1.76. The van der Waals surface area contributed by atoms with E-state index in [4.69, 9.17) is 9.31 Å². The van der Waals surface area contributed by atoms with Crippen molar-refractivity contribution in [3.63, 3.8) is 0 Å². The van der Waals surface area contributed by atoms with Gasteiger partial charge in [0.2, 0.25) is 0 Å². The van der Waals surface area contributed by atoms with Crippen molar-refractivity contribution in [1.82, 2.24) is 0 Å². The van der Waals surface area contributed by atoms with Crippen LogP contribution in [0.1, 0.15) is 39.7 Å². The summed E-state index contributed by atoms with van der Waals surface area (Å²) < 4.78 is 24.8. The first-order chi connectivity index (χ1) is 9.30. The molecule has 1 aromatic carbocycles. The Morgan fingerprint density at radius 2 is 1.80 bits per heavy atom. The van der Waals surface area contributed by atoms with E-state index in [1.165, 1.54) is 6.07 Å². The van der Waals surface area contributed by atoms with Crippen LogP contribution in [0.25, 0.3) is 0 Å². The molecule has 0 spiro atoms. The molecule has 2 nitrogen and oxygen atoms in total. The van der Waals surface area contributed by atoms with E-state index in [2.05, 4.69) is 0 Å². The summed E-state index contributed by atoms with van der Waals surface area (Å²) in [6, 6.07) is 6.71. The topological polar surface area (TPSA) is 18.5 Å². The van der Waals surface area contributed by atoms with E-state index < -0.39 is 0 Å². The van der Waals surface area contributed by atoms with Crippen molar-refractivity contribution >= 4 is 7.12 Å². The zero-order valence-electron chi connectivity index (χ0n) is 12.7. The molecule has 1 aromatic rings. The van der Waals surface area contributed by atoms with E-state index in [9.17, 15) is 4.39 Å². The first-order valence-corrected chi connectivity index (χ1v) is 7.07. The van der Waals surface area contributed by atoms with Crippen LogP contribution < -0.4 is 0 Å². The first-order valence-electron chi connectivity index (χ1n) is 7.07. The highest BCUT2D eigenvalue weighted by molar-refractivity contribution is 6.51. The van der Waals surface area contributed by atoms with Crippen LogP contribution in [-0.4, -0.2) is 18.3 Å². The molecule has 1 fully saturated rings. The molecular weight excluding hydrogens is 254 g/mol. The molecule has 2 rings (SSSR count). The van der Waals surface area contributed by atoms with Crippen molar-refractivity contribution < 1.29 is 13.7 Å². The number of allylic oxidation sites excluding steroid dienone is 1. The van der Waals surface area contributed by atoms with Crippen LogP contribution in [0.15, 0.2) is 36.3 Å². The van der Waals surface area contributed by atoms with Gasteiger partial charge in [-0.15, -0.1) is 0 Å². The molecule has 0 N–H and O–H groups in total. The van der Waals surface area contributed by atoms with Crippen LogP contribution in [0.3, 0.4) is 0 Å². The molecule has 1 heterocycles. The Hall–Kier alpha value is -1.13. The minimum atomic E-state index is -0.301. The molecule has 0 atom stereocenters. The molecule has 4 heteroatoms. The highest BCUT2D eigenvalue weighted by Crippen LogP contribution is 2.36. The van der Waals surface area contributed by atoms with Crippen LogP contribution >= 0.6 is 0 Å². The third-order valence-electron chi connectivity index (χ3n) is 4.05. The maximum Gasteiger partial charge on any atom is 0.486 e. The van der Waals surface area contributed by atoms with Gasteiger partial charge in [-0.3, -0.25) is 0 Å². The zero-order chi connectivity index (χ0) is 14.8. The summed E-state index contributed by atoms with van der Waals surface area (Å²) in [7, 11) is -0.299. The van der Waals surface area contributed by atoms with Crippen molar-refractivity contribution in [3.05, 3.63) is 47.7 Å². The second-order valence-electron chi connectivity index (χ2n) is 6.22. The molecule has 108 valence electrons. The van der Waals surface area contributed by atoms with E-state index in [0.717, 1.165) is 18.4 Å². The van der Waals surface area contributed by atoms with Crippen molar-refractivity contribution in [1.29, 1.82) is 0 Å². The lowest BCUT2D eigenvalue weighted by atomic mass is 9.89. The first kappa shape index (κ1) is 15.3. The molecular formula is C16H22BFO2. The van der Waals surface area contributed by atoms with E-state index in [1.54, 1.807) is 12.1 Å². The zero-order valence-corrected chi connectivity index (χ0v) is 12.7. The van der Waals surface area contributed by atoms with E-state index >= 15 is 0 Å². The predicted octanol–water partition coefficient (Wildman–Crippen LogP) is 3.95. The van der Waals surface area contributed by atoms with E-state index in [-0.39, 0.29) is 24.1 Å². The number of aryl methyl sites for hydroxylation is 1. The van der Waals surface area contributed by atoms with Gasteiger partial charge in [0.05, 0.1) is 11.2 Å². The largest absolute Gasteiger partial charge is 0.486 e. The molecule has 1 aliphatic heterocycles. The molecule has 0 unspecified atom stereocenters. The third-order valence-corrected chi connectivity index (χ3v) is 4.05. The number of benzene rings is 1. The number of rotatable bonds is 4. The molecule has 0 aromatic heterocycles. The quantitative estimate of drug-likeness (QED) is 0.775. The van der Waals surface area contributed by atoms with Crippen LogP contribution in [-0.2, 0) is 15.7 Å². The average Bonchev–Trinajstić information content (AvgIpc) is 2.54. The molecule has 0 radical (unpaired) electrons. The summed E-state index contributed by atoms with van der Waals surface area (Å²) in [5, 5.41) is 0.